The summed E-state index contributed by atoms with van der Waals surface area (Å²) >= 11 is 0. The number of hydrogen-bond donors (Lipinski definition) is 2. The van der Waals surface area contributed by atoms with Gasteiger partial charge in [0, 0.05) is 24.8 Å². The lowest BCUT2D eigenvalue weighted by molar-refractivity contribution is -0.119. The molecule has 114 valence electrons. The van der Waals surface area contributed by atoms with Crippen molar-refractivity contribution >= 4 is 11.6 Å². The van der Waals surface area contributed by atoms with Crippen LogP contribution >= 0.6 is 0 Å². The molecule has 1 atom stereocenters. The summed E-state index contributed by atoms with van der Waals surface area (Å²) in [7, 11) is 0. The number of amides is 1. The van der Waals surface area contributed by atoms with Crippen molar-refractivity contribution in [1.82, 2.24) is 5.32 Å². The Balaban J connectivity index is 1.75. The fourth-order valence-electron chi connectivity index (χ4n) is 3.22. The molecule has 1 aliphatic carbocycles. The molecule has 1 amide bonds. The average Bonchev–Trinajstić information content (AvgIpc) is 3.29. The van der Waals surface area contributed by atoms with Crippen LogP contribution in [0.2, 0.25) is 0 Å². The fourth-order valence-corrected chi connectivity index (χ4v) is 3.22. The number of aryl methyl sites for hydroxylation is 1. The molecule has 1 saturated carbocycles. The van der Waals surface area contributed by atoms with Crippen LogP contribution in [0.25, 0.3) is 0 Å². The molecular weight excluding hydrogens is 262 g/mol. The van der Waals surface area contributed by atoms with Crippen LogP contribution < -0.4 is 16.0 Å². The summed E-state index contributed by atoms with van der Waals surface area (Å²) in [5.74, 6) is -0.200. The van der Waals surface area contributed by atoms with E-state index in [0.717, 1.165) is 44.1 Å². The van der Waals surface area contributed by atoms with Gasteiger partial charge in [0.1, 0.15) is 6.04 Å². The van der Waals surface area contributed by atoms with Crippen molar-refractivity contribution in [3.05, 3.63) is 29.3 Å². The van der Waals surface area contributed by atoms with Crippen molar-refractivity contribution in [2.45, 2.75) is 57.7 Å². The summed E-state index contributed by atoms with van der Waals surface area (Å²) in [5, 5.41) is 3.54. The minimum absolute atomic E-state index is 0.145. The van der Waals surface area contributed by atoms with E-state index in [2.05, 4.69) is 35.3 Å². The predicted molar refractivity (Wildman–Crippen MR) is 85.2 cm³/mol. The highest BCUT2D eigenvalue weighted by molar-refractivity contribution is 5.84. The van der Waals surface area contributed by atoms with Crippen LogP contribution in [0, 0.1) is 6.92 Å². The highest BCUT2D eigenvalue weighted by Gasteiger charge is 2.28. The Labute approximate surface area is 126 Å². The number of nitrogens with zero attached hydrogens (tertiary/aromatic N) is 1. The number of nitrogens with one attached hydrogen (secondary N) is 1. The summed E-state index contributed by atoms with van der Waals surface area (Å²) in [6, 6.07) is 7.14. The summed E-state index contributed by atoms with van der Waals surface area (Å²) in [6.07, 6.45) is 5.72. The van der Waals surface area contributed by atoms with Gasteiger partial charge >= 0.3 is 0 Å². The molecule has 0 radical (unpaired) electrons. The standard InChI is InChI=1S/C17H25N3O/c1-12-10-13(11-19-14-6-7-14)5-8-15(12)20-9-3-2-4-16(20)17(18)21/h5,8,10,14,16,19H,2-4,6-7,9,11H2,1H3,(H2,18,21). The average molecular weight is 287 g/mol. The van der Waals surface area contributed by atoms with E-state index in [4.69, 9.17) is 5.73 Å². The molecular formula is C17H25N3O. The maximum absolute atomic E-state index is 11.7. The highest BCUT2D eigenvalue weighted by Crippen LogP contribution is 2.28. The van der Waals surface area contributed by atoms with E-state index in [9.17, 15) is 4.79 Å². The van der Waals surface area contributed by atoms with Crippen LogP contribution in [-0.2, 0) is 11.3 Å². The zero-order valence-electron chi connectivity index (χ0n) is 12.8. The van der Waals surface area contributed by atoms with Gasteiger partial charge in [-0.25, -0.2) is 0 Å². The molecule has 1 unspecified atom stereocenters. The number of carbonyl (C=O) groups is 1. The number of hydrogen-bond acceptors (Lipinski definition) is 3. The van der Waals surface area contributed by atoms with Gasteiger partial charge in [0.2, 0.25) is 5.91 Å². The molecule has 21 heavy (non-hydrogen) atoms. The second kappa shape index (κ2) is 6.06. The predicted octanol–water partition coefficient (Wildman–Crippen LogP) is 2.09. The van der Waals surface area contributed by atoms with E-state index >= 15 is 0 Å². The third-order valence-corrected chi connectivity index (χ3v) is 4.57. The lowest BCUT2D eigenvalue weighted by atomic mass is 9.98. The van der Waals surface area contributed by atoms with Gasteiger partial charge in [0.25, 0.3) is 0 Å². The van der Waals surface area contributed by atoms with Gasteiger partial charge in [-0.05, 0) is 56.2 Å². The SMILES string of the molecule is Cc1cc(CNC2CC2)ccc1N1CCCCC1C(N)=O. The minimum atomic E-state index is -0.200. The van der Waals surface area contributed by atoms with E-state index < -0.39 is 0 Å². The Morgan fingerprint density at radius 2 is 2.14 bits per heavy atom. The van der Waals surface area contributed by atoms with E-state index in [1.165, 1.54) is 24.0 Å². The van der Waals surface area contributed by atoms with E-state index in [1.54, 1.807) is 0 Å². The first-order valence-electron chi connectivity index (χ1n) is 8.04. The first-order chi connectivity index (χ1) is 10.1. The molecule has 2 aliphatic rings. The third-order valence-electron chi connectivity index (χ3n) is 4.57. The van der Waals surface area contributed by atoms with Crippen molar-refractivity contribution in [2.75, 3.05) is 11.4 Å². The number of piperidine rings is 1. The smallest absolute Gasteiger partial charge is 0.240 e. The van der Waals surface area contributed by atoms with Crippen LogP contribution in [-0.4, -0.2) is 24.5 Å². The topological polar surface area (TPSA) is 58.4 Å². The summed E-state index contributed by atoms with van der Waals surface area (Å²) in [6.45, 7) is 3.99. The van der Waals surface area contributed by atoms with Gasteiger partial charge in [-0.1, -0.05) is 12.1 Å². The van der Waals surface area contributed by atoms with Gasteiger partial charge < -0.3 is 16.0 Å². The van der Waals surface area contributed by atoms with Crippen molar-refractivity contribution in [2.24, 2.45) is 5.73 Å². The molecule has 0 aromatic heterocycles. The molecule has 3 rings (SSSR count). The van der Waals surface area contributed by atoms with Crippen LogP contribution in [0.1, 0.15) is 43.2 Å². The maximum Gasteiger partial charge on any atom is 0.240 e. The van der Waals surface area contributed by atoms with Crippen molar-refractivity contribution in [3.63, 3.8) is 0 Å². The number of carbonyl (C=O) groups excluding carboxylic acids is 1. The summed E-state index contributed by atoms with van der Waals surface area (Å²) in [4.78, 5) is 13.9. The normalized spacial score (nSPS) is 22.3. The highest BCUT2D eigenvalue weighted by atomic mass is 16.1. The van der Waals surface area contributed by atoms with Crippen LogP contribution in [0.4, 0.5) is 5.69 Å². The molecule has 1 saturated heterocycles. The first kappa shape index (κ1) is 14.4. The Kier molecular flexibility index (Phi) is 4.15. The monoisotopic (exact) mass is 287 g/mol. The summed E-state index contributed by atoms with van der Waals surface area (Å²) in [5.41, 5.74) is 9.28. The Bertz CT molecular complexity index is 525. The zero-order chi connectivity index (χ0) is 14.8. The number of benzene rings is 1. The van der Waals surface area contributed by atoms with E-state index in [-0.39, 0.29) is 11.9 Å². The minimum Gasteiger partial charge on any atom is -0.368 e. The molecule has 0 bridgehead atoms. The molecule has 2 fully saturated rings. The largest absolute Gasteiger partial charge is 0.368 e. The number of anilines is 1. The second-order valence-electron chi connectivity index (χ2n) is 6.38. The van der Waals surface area contributed by atoms with Gasteiger partial charge in [0.05, 0.1) is 0 Å². The first-order valence-corrected chi connectivity index (χ1v) is 8.04. The molecule has 1 aromatic carbocycles. The lowest BCUT2D eigenvalue weighted by Gasteiger charge is -2.36. The molecule has 1 aromatic rings. The van der Waals surface area contributed by atoms with E-state index in [1.807, 2.05) is 0 Å². The molecule has 1 heterocycles. The Hall–Kier alpha value is -1.55. The van der Waals surface area contributed by atoms with Crippen molar-refractivity contribution < 1.29 is 4.79 Å². The molecule has 4 heteroatoms. The van der Waals surface area contributed by atoms with Crippen LogP contribution in [0.15, 0.2) is 18.2 Å². The van der Waals surface area contributed by atoms with Gasteiger partial charge in [-0.2, -0.15) is 0 Å². The van der Waals surface area contributed by atoms with Gasteiger partial charge in [-0.3, -0.25) is 4.79 Å². The number of primary amides is 1. The molecule has 4 nitrogen and oxygen atoms in total. The number of nitrogens with two attached hydrogens (primary N) is 1. The quantitative estimate of drug-likeness (QED) is 0.872. The number of rotatable bonds is 5. The van der Waals surface area contributed by atoms with Crippen molar-refractivity contribution in [3.8, 4) is 0 Å². The van der Waals surface area contributed by atoms with Crippen LogP contribution in [0.5, 0.6) is 0 Å². The third kappa shape index (κ3) is 3.38. The second-order valence-corrected chi connectivity index (χ2v) is 6.38. The molecule has 0 spiro atoms. The van der Waals surface area contributed by atoms with Crippen LogP contribution in [0.3, 0.4) is 0 Å². The van der Waals surface area contributed by atoms with Gasteiger partial charge in [-0.15, -0.1) is 0 Å². The molecule has 1 aliphatic heterocycles. The van der Waals surface area contributed by atoms with Gasteiger partial charge in [0.15, 0.2) is 0 Å². The van der Waals surface area contributed by atoms with E-state index in [0.29, 0.717) is 0 Å². The Morgan fingerprint density at radius 3 is 2.81 bits per heavy atom. The fraction of sp³-hybridized carbons (Fsp3) is 0.588. The zero-order valence-corrected chi connectivity index (χ0v) is 12.8. The Morgan fingerprint density at radius 1 is 1.33 bits per heavy atom. The lowest BCUT2D eigenvalue weighted by Crippen LogP contribution is -2.48. The van der Waals surface area contributed by atoms with Crippen molar-refractivity contribution in [1.29, 1.82) is 0 Å². The summed E-state index contributed by atoms with van der Waals surface area (Å²) < 4.78 is 0. The maximum atomic E-state index is 11.7. The molecule has 3 N–H and O–H groups in total.